The second-order valence-electron chi connectivity index (χ2n) is 5.83. The Morgan fingerprint density at radius 2 is 1.81 bits per heavy atom. The van der Waals surface area contributed by atoms with Gasteiger partial charge in [0, 0.05) is 32.9 Å². The molecule has 0 fully saturated rings. The van der Waals surface area contributed by atoms with Crippen LogP contribution in [0.5, 0.6) is 0 Å². The number of hydrogen-bond donors (Lipinski definition) is 0. The first-order valence-corrected chi connectivity index (χ1v) is 10.1. The van der Waals surface area contributed by atoms with Gasteiger partial charge in [-0.15, -0.1) is 16.4 Å². The van der Waals surface area contributed by atoms with Gasteiger partial charge in [-0.25, -0.2) is 4.98 Å². The van der Waals surface area contributed by atoms with E-state index in [4.69, 9.17) is 16.3 Å². The normalized spacial score (nSPS) is 16.2. The molecule has 0 saturated carbocycles. The minimum absolute atomic E-state index is 0.220. The number of rotatable bonds is 3. The zero-order valence-corrected chi connectivity index (χ0v) is 17.3. The number of hydrogen-bond acceptors (Lipinski definition) is 5. The van der Waals surface area contributed by atoms with Crippen LogP contribution in [0.2, 0.25) is 5.02 Å². The van der Waals surface area contributed by atoms with Gasteiger partial charge >= 0.3 is 0 Å². The highest BCUT2D eigenvalue weighted by molar-refractivity contribution is 9.10. The summed E-state index contributed by atoms with van der Waals surface area (Å²) in [6.07, 6.45) is -0.686. The number of amides is 1. The van der Waals surface area contributed by atoms with Gasteiger partial charge in [0.2, 0.25) is 18.0 Å². The maximum absolute atomic E-state index is 12.1. The molecule has 0 bridgehead atoms. The molecule has 1 aromatic heterocycles. The number of carbonyl (C=O) groups excluding carboxylic acids is 1. The van der Waals surface area contributed by atoms with Crippen LogP contribution in [0, 0.1) is 0 Å². The molecule has 3 aromatic rings. The standard InChI is InChI=1S/C19H13BrClN3O2S/c1-11(25)24-19(26-17(23-24)12-4-8-15(21)9-5-12)16-10-27-18(22-16)13-2-6-14(20)7-3-13/h2-10,19H,1H3. The second kappa shape index (κ2) is 7.42. The summed E-state index contributed by atoms with van der Waals surface area (Å²) < 4.78 is 6.97. The Morgan fingerprint density at radius 1 is 1.15 bits per heavy atom. The average molecular weight is 463 g/mol. The van der Waals surface area contributed by atoms with Crippen molar-refractivity contribution in [1.82, 2.24) is 9.99 Å². The van der Waals surface area contributed by atoms with Crippen LogP contribution in [-0.4, -0.2) is 21.8 Å². The molecule has 0 spiro atoms. The van der Waals surface area contributed by atoms with Gasteiger partial charge in [0.05, 0.1) is 0 Å². The van der Waals surface area contributed by atoms with E-state index in [1.54, 1.807) is 24.3 Å². The van der Waals surface area contributed by atoms with E-state index < -0.39 is 6.23 Å². The fraction of sp³-hybridized carbons (Fsp3) is 0.105. The molecule has 1 unspecified atom stereocenters. The Balaban J connectivity index is 1.62. The molecule has 1 aliphatic heterocycles. The van der Waals surface area contributed by atoms with Gasteiger partial charge in [-0.3, -0.25) is 4.79 Å². The minimum atomic E-state index is -0.686. The number of thiazole rings is 1. The third kappa shape index (κ3) is 3.76. The van der Waals surface area contributed by atoms with Crippen LogP contribution in [0.15, 0.2) is 63.5 Å². The summed E-state index contributed by atoms with van der Waals surface area (Å²) in [7, 11) is 0. The zero-order valence-electron chi connectivity index (χ0n) is 14.1. The topological polar surface area (TPSA) is 54.8 Å². The van der Waals surface area contributed by atoms with E-state index in [1.807, 2.05) is 29.6 Å². The minimum Gasteiger partial charge on any atom is -0.444 e. The first-order valence-electron chi connectivity index (χ1n) is 8.03. The van der Waals surface area contributed by atoms with Gasteiger partial charge in [-0.1, -0.05) is 39.7 Å². The van der Waals surface area contributed by atoms with Crippen LogP contribution in [-0.2, 0) is 9.53 Å². The Morgan fingerprint density at radius 3 is 2.48 bits per heavy atom. The molecule has 27 heavy (non-hydrogen) atoms. The van der Waals surface area contributed by atoms with Crippen molar-refractivity contribution in [3.63, 3.8) is 0 Å². The summed E-state index contributed by atoms with van der Waals surface area (Å²) >= 11 is 10.9. The number of benzene rings is 2. The molecule has 1 aliphatic rings. The van der Waals surface area contributed by atoms with E-state index in [2.05, 4.69) is 26.0 Å². The van der Waals surface area contributed by atoms with Gasteiger partial charge < -0.3 is 4.74 Å². The summed E-state index contributed by atoms with van der Waals surface area (Å²) in [5.74, 6) is 0.146. The number of ether oxygens (including phenoxy) is 1. The summed E-state index contributed by atoms with van der Waals surface area (Å²) in [4.78, 5) is 16.7. The monoisotopic (exact) mass is 461 g/mol. The molecule has 5 nitrogen and oxygen atoms in total. The van der Waals surface area contributed by atoms with Crippen LogP contribution in [0.4, 0.5) is 0 Å². The lowest BCUT2D eigenvalue weighted by atomic mass is 10.2. The van der Waals surface area contributed by atoms with E-state index in [0.29, 0.717) is 16.6 Å². The van der Waals surface area contributed by atoms with Crippen LogP contribution < -0.4 is 0 Å². The number of carbonyl (C=O) groups is 1. The molecular formula is C19H13BrClN3O2S. The maximum Gasteiger partial charge on any atom is 0.243 e. The highest BCUT2D eigenvalue weighted by Gasteiger charge is 2.34. The number of hydrazone groups is 1. The predicted molar refractivity (Wildman–Crippen MR) is 110 cm³/mol. The van der Waals surface area contributed by atoms with Crippen molar-refractivity contribution in [2.24, 2.45) is 5.10 Å². The van der Waals surface area contributed by atoms with Crippen LogP contribution >= 0.6 is 38.9 Å². The molecule has 8 heteroatoms. The SMILES string of the molecule is CC(=O)N1N=C(c2ccc(Cl)cc2)OC1c1csc(-c2ccc(Br)cc2)n1. The van der Waals surface area contributed by atoms with Crippen molar-refractivity contribution in [2.75, 3.05) is 0 Å². The molecule has 0 aliphatic carbocycles. The van der Waals surface area contributed by atoms with Crippen molar-refractivity contribution in [2.45, 2.75) is 13.2 Å². The van der Waals surface area contributed by atoms with E-state index in [1.165, 1.54) is 23.3 Å². The van der Waals surface area contributed by atoms with Gasteiger partial charge in [0.1, 0.15) is 10.7 Å². The van der Waals surface area contributed by atoms with E-state index >= 15 is 0 Å². The summed E-state index contributed by atoms with van der Waals surface area (Å²) in [5.41, 5.74) is 2.39. The van der Waals surface area contributed by atoms with Gasteiger partial charge in [-0.2, -0.15) is 5.01 Å². The van der Waals surface area contributed by atoms with Gasteiger partial charge in [0.15, 0.2) is 0 Å². The van der Waals surface area contributed by atoms with E-state index in [0.717, 1.165) is 20.6 Å². The molecule has 2 aromatic carbocycles. The van der Waals surface area contributed by atoms with Crippen LogP contribution in [0.25, 0.3) is 10.6 Å². The van der Waals surface area contributed by atoms with Crippen molar-refractivity contribution in [3.8, 4) is 10.6 Å². The highest BCUT2D eigenvalue weighted by Crippen LogP contribution is 2.34. The highest BCUT2D eigenvalue weighted by atomic mass is 79.9. The lowest BCUT2D eigenvalue weighted by Crippen LogP contribution is -2.25. The lowest BCUT2D eigenvalue weighted by Gasteiger charge is -2.16. The van der Waals surface area contributed by atoms with Crippen molar-refractivity contribution in [1.29, 1.82) is 0 Å². The summed E-state index contributed by atoms with van der Waals surface area (Å²) in [5, 5.41) is 9.00. The first kappa shape index (κ1) is 18.2. The van der Waals surface area contributed by atoms with Crippen LogP contribution in [0.1, 0.15) is 24.4 Å². The molecule has 1 atom stereocenters. The summed E-state index contributed by atoms with van der Waals surface area (Å²) in [6, 6.07) is 15.0. The van der Waals surface area contributed by atoms with Crippen molar-refractivity contribution >= 4 is 50.7 Å². The zero-order chi connectivity index (χ0) is 19.0. The lowest BCUT2D eigenvalue weighted by molar-refractivity contribution is -0.135. The molecule has 4 rings (SSSR count). The largest absolute Gasteiger partial charge is 0.444 e. The molecule has 1 amide bonds. The maximum atomic E-state index is 12.1. The Labute approximate surface area is 173 Å². The Bertz CT molecular complexity index is 1020. The van der Waals surface area contributed by atoms with E-state index in [9.17, 15) is 4.79 Å². The fourth-order valence-electron chi connectivity index (χ4n) is 2.59. The third-order valence-electron chi connectivity index (χ3n) is 3.92. The van der Waals surface area contributed by atoms with Gasteiger partial charge in [0.25, 0.3) is 0 Å². The summed E-state index contributed by atoms with van der Waals surface area (Å²) in [6.45, 7) is 1.45. The smallest absolute Gasteiger partial charge is 0.243 e. The second-order valence-corrected chi connectivity index (χ2v) is 8.04. The quantitative estimate of drug-likeness (QED) is 0.519. The predicted octanol–water partition coefficient (Wildman–Crippen LogP) is 5.47. The van der Waals surface area contributed by atoms with Crippen molar-refractivity contribution < 1.29 is 9.53 Å². The molecule has 0 radical (unpaired) electrons. The Kier molecular flexibility index (Phi) is 4.99. The molecule has 0 saturated heterocycles. The first-order chi connectivity index (χ1) is 13.0. The fourth-order valence-corrected chi connectivity index (χ4v) is 3.82. The van der Waals surface area contributed by atoms with Crippen molar-refractivity contribution in [3.05, 3.63) is 74.7 Å². The van der Waals surface area contributed by atoms with E-state index in [-0.39, 0.29) is 5.91 Å². The Hall–Kier alpha value is -2.22. The molecule has 2 heterocycles. The van der Waals surface area contributed by atoms with Gasteiger partial charge in [-0.05, 0) is 36.4 Å². The number of nitrogens with zero attached hydrogens (tertiary/aromatic N) is 3. The molecule has 0 N–H and O–H groups in total. The molecule has 136 valence electrons. The molecular weight excluding hydrogens is 450 g/mol. The number of aromatic nitrogens is 1. The third-order valence-corrected chi connectivity index (χ3v) is 5.61. The van der Waals surface area contributed by atoms with Crippen LogP contribution in [0.3, 0.4) is 0 Å². The number of halogens is 2. The average Bonchev–Trinajstić information content (AvgIpc) is 3.30.